The monoisotopic (exact) mass is 287 g/mol. The summed E-state index contributed by atoms with van der Waals surface area (Å²) in [5, 5.41) is 12.1. The van der Waals surface area contributed by atoms with Crippen molar-refractivity contribution in [2.45, 2.75) is 25.0 Å². The van der Waals surface area contributed by atoms with Gasteiger partial charge in [0, 0.05) is 0 Å². The summed E-state index contributed by atoms with van der Waals surface area (Å²) in [5.74, 6) is -1.21. The van der Waals surface area contributed by atoms with E-state index in [4.69, 9.17) is 4.74 Å². The Balaban J connectivity index is 1.62. The van der Waals surface area contributed by atoms with Crippen LogP contribution in [0.25, 0.3) is 0 Å². The second-order valence-corrected chi connectivity index (χ2v) is 5.68. The van der Waals surface area contributed by atoms with Crippen LogP contribution >= 0.6 is 0 Å². The van der Waals surface area contributed by atoms with E-state index in [-0.39, 0.29) is 12.5 Å². The van der Waals surface area contributed by atoms with Crippen LogP contribution in [0.5, 0.6) is 0 Å². The molecule has 3 rings (SSSR count). The number of carboxylic acids is 1. The van der Waals surface area contributed by atoms with Gasteiger partial charge in [0.25, 0.3) is 0 Å². The zero-order valence-electron chi connectivity index (χ0n) is 11.5. The number of benzene rings is 1. The van der Waals surface area contributed by atoms with Gasteiger partial charge in [0.1, 0.15) is 6.61 Å². The van der Waals surface area contributed by atoms with Gasteiger partial charge in [-0.25, -0.2) is 4.79 Å². The minimum Gasteiger partial charge on any atom is -0.481 e. The molecule has 5 nitrogen and oxygen atoms in total. The molecule has 1 amide bonds. The Hall–Kier alpha value is -2.30. The van der Waals surface area contributed by atoms with Gasteiger partial charge in [-0.05, 0) is 24.3 Å². The number of aliphatic carboxylic acids is 1. The number of carbonyl (C=O) groups excluding carboxylic acids is 1. The Bertz CT molecular complexity index is 583. The van der Waals surface area contributed by atoms with E-state index in [9.17, 15) is 14.7 Å². The van der Waals surface area contributed by atoms with Gasteiger partial charge in [-0.3, -0.25) is 4.79 Å². The van der Waals surface area contributed by atoms with Gasteiger partial charge in [-0.1, -0.05) is 42.5 Å². The molecule has 0 aliphatic heterocycles. The molecule has 0 saturated heterocycles. The van der Waals surface area contributed by atoms with Crippen LogP contribution in [0.1, 0.15) is 18.4 Å². The summed E-state index contributed by atoms with van der Waals surface area (Å²) in [6.07, 6.45) is 4.44. The summed E-state index contributed by atoms with van der Waals surface area (Å²) in [5.41, 5.74) is 0.107. The zero-order valence-corrected chi connectivity index (χ0v) is 11.5. The number of ether oxygens (including phenoxy) is 1. The van der Waals surface area contributed by atoms with Crippen LogP contribution in [0, 0.1) is 11.8 Å². The Morgan fingerprint density at radius 3 is 2.76 bits per heavy atom. The largest absolute Gasteiger partial charge is 0.481 e. The number of alkyl carbamates (subject to hydrolysis) is 1. The summed E-state index contributed by atoms with van der Waals surface area (Å²) in [7, 11) is 0. The van der Waals surface area contributed by atoms with Gasteiger partial charge >= 0.3 is 12.1 Å². The molecule has 2 bridgehead atoms. The molecular formula is C16H17NO4. The van der Waals surface area contributed by atoms with E-state index < -0.39 is 23.5 Å². The highest BCUT2D eigenvalue weighted by Crippen LogP contribution is 2.46. The topological polar surface area (TPSA) is 75.6 Å². The number of amides is 1. The maximum Gasteiger partial charge on any atom is 0.408 e. The van der Waals surface area contributed by atoms with Crippen LogP contribution in [-0.4, -0.2) is 22.7 Å². The molecule has 5 heteroatoms. The van der Waals surface area contributed by atoms with Crippen molar-refractivity contribution in [3.63, 3.8) is 0 Å². The summed E-state index contributed by atoms with van der Waals surface area (Å²) in [6.45, 7) is 0.174. The first-order chi connectivity index (χ1) is 10.1. The van der Waals surface area contributed by atoms with Gasteiger partial charge in [0.15, 0.2) is 0 Å². The average Bonchev–Trinajstić information content (AvgIpc) is 3.03. The van der Waals surface area contributed by atoms with E-state index in [2.05, 4.69) is 5.32 Å². The number of hydrogen-bond donors (Lipinski definition) is 2. The maximum atomic E-state index is 12.0. The molecule has 0 aromatic heterocycles. The first kappa shape index (κ1) is 13.7. The van der Waals surface area contributed by atoms with Crippen molar-refractivity contribution in [2.75, 3.05) is 0 Å². The fourth-order valence-corrected chi connectivity index (χ4v) is 3.26. The molecule has 110 valence electrons. The van der Waals surface area contributed by atoms with Crippen molar-refractivity contribution in [3.05, 3.63) is 48.0 Å². The van der Waals surface area contributed by atoms with Crippen molar-refractivity contribution >= 4 is 12.1 Å². The number of rotatable bonds is 4. The van der Waals surface area contributed by atoms with E-state index in [1.807, 2.05) is 42.5 Å². The van der Waals surface area contributed by atoms with E-state index in [1.165, 1.54) is 0 Å². The van der Waals surface area contributed by atoms with Crippen LogP contribution in [-0.2, 0) is 16.1 Å². The van der Waals surface area contributed by atoms with Crippen molar-refractivity contribution in [1.29, 1.82) is 0 Å². The number of hydrogen-bond acceptors (Lipinski definition) is 3. The second kappa shape index (κ2) is 5.24. The van der Waals surface area contributed by atoms with E-state index in [0.29, 0.717) is 12.8 Å². The molecule has 1 aromatic carbocycles. The van der Waals surface area contributed by atoms with Crippen molar-refractivity contribution in [1.82, 2.24) is 5.32 Å². The van der Waals surface area contributed by atoms with Crippen LogP contribution in [0.3, 0.4) is 0 Å². The lowest BCUT2D eigenvalue weighted by Crippen LogP contribution is -2.51. The molecular weight excluding hydrogens is 270 g/mol. The quantitative estimate of drug-likeness (QED) is 0.833. The molecule has 0 spiro atoms. The molecule has 3 atom stereocenters. The molecule has 1 fully saturated rings. The minimum absolute atomic E-state index is 0.174. The van der Waals surface area contributed by atoms with E-state index in [0.717, 1.165) is 5.56 Å². The molecule has 1 saturated carbocycles. The predicted molar refractivity (Wildman–Crippen MR) is 75.5 cm³/mol. The SMILES string of the molecule is O=C(NC12C=CC(CC1C(=O)O)C2)OCc1ccccc1. The first-order valence-electron chi connectivity index (χ1n) is 7.00. The molecule has 21 heavy (non-hydrogen) atoms. The zero-order chi connectivity index (χ0) is 14.9. The molecule has 2 aliphatic carbocycles. The number of carboxylic acid groups (broad SMARTS) is 1. The van der Waals surface area contributed by atoms with E-state index >= 15 is 0 Å². The molecule has 2 aliphatic rings. The Labute approximate surface area is 122 Å². The van der Waals surface area contributed by atoms with Crippen LogP contribution < -0.4 is 5.32 Å². The molecule has 3 unspecified atom stereocenters. The van der Waals surface area contributed by atoms with Gasteiger partial charge in [0.2, 0.25) is 0 Å². The van der Waals surface area contributed by atoms with Crippen LogP contribution in [0.4, 0.5) is 4.79 Å². The number of carbonyl (C=O) groups is 2. The Morgan fingerprint density at radius 1 is 1.33 bits per heavy atom. The van der Waals surface area contributed by atoms with Gasteiger partial charge in [0.05, 0.1) is 11.5 Å². The summed E-state index contributed by atoms with van der Waals surface area (Å²) in [4.78, 5) is 23.3. The molecule has 2 N–H and O–H groups in total. The Morgan fingerprint density at radius 2 is 2.10 bits per heavy atom. The summed E-state index contributed by atoms with van der Waals surface area (Å²) >= 11 is 0. The third-order valence-corrected chi connectivity index (χ3v) is 4.27. The lowest BCUT2D eigenvalue weighted by Gasteiger charge is -2.30. The second-order valence-electron chi connectivity index (χ2n) is 5.68. The molecule has 1 aromatic rings. The Kier molecular flexibility index (Phi) is 3.41. The number of fused-ring (bicyclic) bond motifs is 2. The fraction of sp³-hybridized carbons (Fsp3) is 0.375. The van der Waals surface area contributed by atoms with Crippen LogP contribution in [0.15, 0.2) is 42.5 Å². The van der Waals surface area contributed by atoms with Crippen molar-refractivity contribution in [2.24, 2.45) is 11.8 Å². The minimum atomic E-state index is -0.870. The van der Waals surface area contributed by atoms with E-state index in [1.54, 1.807) is 0 Å². The lowest BCUT2D eigenvalue weighted by molar-refractivity contribution is -0.143. The highest BCUT2D eigenvalue weighted by atomic mass is 16.5. The standard InChI is InChI=1S/C16H17NO4/c18-14(19)13-8-12-6-7-16(13,9-12)17-15(20)21-10-11-4-2-1-3-5-11/h1-7,12-13H,8-10H2,(H,17,20)(H,18,19). The van der Waals surface area contributed by atoms with Crippen molar-refractivity contribution < 1.29 is 19.4 Å². The first-order valence-corrected chi connectivity index (χ1v) is 7.00. The van der Waals surface area contributed by atoms with Gasteiger partial charge < -0.3 is 15.2 Å². The van der Waals surface area contributed by atoms with Gasteiger partial charge in [-0.2, -0.15) is 0 Å². The fourth-order valence-electron chi connectivity index (χ4n) is 3.26. The predicted octanol–water partition coefficient (Wildman–Crippen LogP) is 2.33. The molecule has 0 radical (unpaired) electrons. The van der Waals surface area contributed by atoms with Crippen molar-refractivity contribution in [3.8, 4) is 0 Å². The highest BCUT2D eigenvalue weighted by Gasteiger charge is 2.53. The van der Waals surface area contributed by atoms with Crippen LogP contribution in [0.2, 0.25) is 0 Å². The molecule has 0 heterocycles. The summed E-state index contributed by atoms with van der Waals surface area (Å²) in [6, 6.07) is 9.37. The average molecular weight is 287 g/mol. The number of nitrogens with one attached hydrogen (secondary N) is 1. The third-order valence-electron chi connectivity index (χ3n) is 4.27. The summed E-state index contributed by atoms with van der Waals surface area (Å²) < 4.78 is 5.19. The number of allylic oxidation sites excluding steroid dienone is 1. The normalized spacial score (nSPS) is 29.3. The smallest absolute Gasteiger partial charge is 0.408 e. The highest BCUT2D eigenvalue weighted by molar-refractivity contribution is 5.77. The maximum absolute atomic E-state index is 12.0. The third kappa shape index (κ3) is 2.63. The van der Waals surface area contributed by atoms with Gasteiger partial charge in [-0.15, -0.1) is 0 Å². The lowest BCUT2D eigenvalue weighted by atomic mass is 9.86.